The van der Waals surface area contributed by atoms with E-state index in [-0.39, 0.29) is 23.7 Å². The molecule has 1 N–H and O–H groups in total. The number of likely N-dealkylation sites (N-methyl/N-ethyl adjacent to an activating group) is 1. The minimum absolute atomic E-state index is 0.00156. The van der Waals surface area contributed by atoms with Crippen molar-refractivity contribution in [3.63, 3.8) is 0 Å². The number of rotatable bonds is 12. The van der Waals surface area contributed by atoms with Crippen molar-refractivity contribution in [1.82, 2.24) is 9.62 Å². The lowest BCUT2D eigenvalue weighted by Gasteiger charge is -2.18. The number of carbonyl (C=O) groups excluding carboxylic acids is 1. The summed E-state index contributed by atoms with van der Waals surface area (Å²) in [6.07, 6.45) is 0. The third-order valence-corrected chi connectivity index (χ3v) is 6.33. The molecule has 9 nitrogen and oxygen atoms in total. The minimum Gasteiger partial charge on any atom is -0.493 e. The minimum atomic E-state index is -3.90. The van der Waals surface area contributed by atoms with Crippen LogP contribution in [0.4, 0.5) is 0 Å². The van der Waals surface area contributed by atoms with Gasteiger partial charge in [-0.25, -0.2) is 8.42 Å². The molecule has 0 unspecified atom stereocenters. The van der Waals surface area contributed by atoms with E-state index in [4.69, 9.17) is 18.9 Å². The molecule has 0 saturated carbocycles. The Kier molecular flexibility index (Phi) is 9.15. The van der Waals surface area contributed by atoms with Crippen LogP contribution in [0.15, 0.2) is 41.3 Å². The lowest BCUT2D eigenvalue weighted by atomic mass is 10.2. The summed E-state index contributed by atoms with van der Waals surface area (Å²) in [6.45, 7) is 4.63. The molecule has 0 aliphatic heterocycles. The highest BCUT2D eigenvalue weighted by atomic mass is 32.2. The fourth-order valence-electron chi connectivity index (χ4n) is 2.91. The highest BCUT2D eigenvalue weighted by Crippen LogP contribution is 2.30. The first kappa shape index (κ1) is 25.3. The first-order valence-corrected chi connectivity index (χ1v) is 11.5. The zero-order valence-electron chi connectivity index (χ0n) is 19.0. The van der Waals surface area contributed by atoms with E-state index in [1.54, 1.807) is 12.1 Å². The van der Waals surface area contributed by atoms with Gasteiger partial charge in [-0.3, -0.25) is 4.79 Å². The van der Waals surface area contributed by atoms with Crippen molar-refractivity contribution in [3.8, 4) is 23.0 Å². The molecule has 176 valence electrons. The van der Waals surface area contributed by atoms with Crippen molar-refractivity contribution >= 4 is 15.9 Å². The van der Waals surface area contributed by atoms with E-state index >= 15 is 0 Å². The summed E-state index contributed by atoms with van der Waals surface area (Å²) in [6, 6.07) is 9.65. The highest BCUT2D eigenvalue weighted by Gasteiger charge is 2.24. The van der Waals surface area contributed by atoms with Gasteiger partial charge in [-0.05, 0) is 43.7 Å². The third-order valence-electron chi connectivity index (χ3n) is 4.53. The Hall–Kier alpha value is -2.98. The summed E-state index contributed by atoms with van der Waals surface area (Å²) < 4.78 is 48.1. The Bertz CT molecular complexity index is 1020. The van der Waals surface area contributed by atoms with Crippen LogP contribution < -0.4 is 24.3 Å². The van der Waals surface area contributed by atoms with Gasteiger partial charge in [0.05, 0.1) is 38.9 Å². The van der Waals surface area contributed by atoms with E-state index in [9.17, 15) is 13.2 Å². The maximum Gasteiger partial charge on any atom is 0.243 e. The van der Waals surface area contributed by atoms with Gasteiger partial charge in [-0.2, -0.15) is 4.31 Å². The Labute approximate surface area is 189 Å². The molecule has 0 aliphatic rings. The SMILES string of the molecule is CCOc1ccc(CNC(=O)CN(C)S(=O)(=O)c2ccc(OC)c(OC)c2)cc1OCC. The molecule has 10 heteroatoms. The van der Waals surface area contributed by atoms with Crippen molar-refractivity contribution in [2.45, 2.75) is 25.3 Å². The lowest BCUT2D eigenvalue weighted by Crippen LogP contribution is -2.38. The number of nitrogens with one attached hydrogen (secondary N) is 1. The molecule has 2 rings (SSSR count). The molecule has 1 amide bonds. The van der Waals surface area contributed by atoms with Crippen LogP contribution >= 0.6 is 0 Å². The summed E-state index contributed by atoms with van der Waals surface area (Å²) in [4.78, 5) is 12.4. The van der Waals surface area contributed by atoms with Crippen LogP contribution in [-0.2, 0) is 21.4 Å². The molecule has 2 aromatic rings. The molecule has 0 saturated heterocycles. The van der Waals surface area contributed by atoms with Gasteiger partial charge in [0.25, 0.3) is 0 Å². The average molecular weight is 467 g/mol. The van der Waals surface area contributed by atoms with E-state index < -0.39 is 15.9 Å². The molecule has 0 aliphatic carbocycles. The van der Waals surface area contributed by atoms with Gasteiger partial charge in [-0.1, -0.05) is 6.07 Å². The molecule has 2 aromatic carbocycles. The number of methoxy groups -OCH3 is 2. The molecule has 0 atom stereocenters. The zero-order chi connectivity index (χ0) is 23.7. The van der Waals surface area contributed by atoms with Crippen molar-refractivity contribution in [2.24, 2.45) is 0 Å². The van der Waals surface area contributed by atoms with E-state index in [0.717, 1.165) is 9.87 Å². The Morgan fingerprint density at radius 2 is 1.53 bits per heavy atom. The Morgan fingerprint density at radius 1 is 0.906 bits per heavy atom. The third kappa shape index (κ3) is 6.27. The van der Waals surface area contributed by atoms with Crippen molar-refractivity contribution in [1.29, 1.82) is 0 Å². The molecule has 0 heterocycles. The van der Waals surface area contributed by atoms with Crippen molar-refractivity contribution < 1.29 is 32.2 Å². The van der Waals surface area contributed by atoms with E-state index in [2.05, 4.69) is 5.32 Å². The number of ether oxygens (including phenoxy) is 4. The second-order valence-corrected chi connectivity index (χ2v) is 8.75. The van der Waals surface area contributed by atoms with Crippen LogP contribution in [0.1, 0.15) is 19.4 Å². The van der Waals surface area contributed by atoms with Gasteiger partial charge in [0.1, 0.15) is 0 Å². The van der Waals surface area contributed by atoms with Crippen LogP contribution in [0.5, 0.6) is 23.0 Å². The first-order chi connectivity index (χ1) is 15.3. The predicted molar refractivity (Wildman–Crippen MR) is 120 cm³/mol. The topological polar surface area (TPSA) is 103 Å². The second-order valence-electron chi connectivity index (χ2n) is 6.70. The summed E-state index contributed by atoms with van der Waals surface area (Å²) >= 11 is 0. The smallest absolute Gasteiger partial charge is 0.243 e. The zero-order valence-corrected chi connectivity index (χ0v) is 19.8. The van der Waals surface area contributed by atoms with Gasteiger partial charge < -0.3 is 24.3 Å². The number of benzene rings is 2. The normalized spacial score (nSPS) is 11.2. The van der Waals surface area contributed by atoms with E-state index in [0.29, 0.717) is 30.5 Å². The van der Waals surface area contributed by atoms with Crippen molar-refractivity contribution in [2.75, 3.05) is 41.0 Å². The summed E-state index contributed by atoms with van der Waals surface area (Å²) in [5.41, 5.74) is 0.802. The average Bonchev–Trinajstić information content (AvgIpc) is 2.78. The maximum absolute atomic E-state index is 12.8. The number of amides is 1. The summed E-state index contributed by atoms with van der Waals surface area (Å²) in [5, 5.41) is 2.73. The number of nitrogens with zero attached hydrogens (tertiary/aromatic N) is 1. The van der Waals surface area contributed by atoms with Gasteiger partial charge >= 0.3 is 0 Å². The van der Waals surface area contributed by atoms with Gasteiger partial charge in [-0.15, -0.1) is 0 Å². The molecule has 0 spiro atoms. The monoisotopic (exact) mass is 466 g/mol. The first-order valence-electron chi connectivity index (χ1n) is 10.1. The lowest BCUT2D eigenvalue weighted by molar-refractivity contribution is -0.121. The van der Waals surface area contributed by atoms with Crippen LogP contribution in [0, 0.1) is 0 Å². The number of hydrogen-bond acceptors (Lipinski definition) is 7. The molecule has 0 radical (unpaired) electrons. The van der Waals surface area contributed by atoms with E-state index in [1.165, 1.54) is 39.5 Å². The second kappa shape index (κ2) is 11.6. The fourth-order valence-corrected chi connectivity index (χ4v) is 4.05. The number of hydrogen-bond donors (Lipinski definition) is 1. The molecular formula is C22H30N2O7S. The molecule has 0 fully saturated rings. The van der Waals surface area contributed by atoms with Crippen LogP contribution in [0.3, 0.4) is 0 Å². The Morgan fingerprint density at radius 3 is 2.16 bits per heavy atom. The fraction of sp³-hybridized carbons (Fsp3) is 0.409. The number of sulfonamides is 1. The van der Waals surface area contributed by atoms with E-state index in [1.807, 2.05) is 19.9 Å². The molecular weight excluding hydrogens is 436 g/mol. The quantitative estimate of drug-likeness (QED) is 0.512. The van der Waals surface area contributed by atoms with Crippen LogP contribution in [0.2, 0.25) is 0 Å². The predicted octanol–water partition coefficient (Wildman–Crippen LogP) is 2.44. The van der Waals surface area contributed by atoms with Crippen LogP contribution in [-0.4, -0.2) is 59.7 Å². The molecule has 0 aromatic heterocycles. The van der Waals surface area contributed by atoms with Crippen LogP contribution in [0.25, 0.3) is 0 Å². The molecule has 32 heavy (non-hydrogen) atoms. The van der Waals surface area contributed by atoms with Crippen molar-refractivity contribution in [3.05, 3.63) is 42.0 Å². The molecule has 0 bridgehead atoms. The standard InChI is InChI=1S/C22H30N2O7S/c1-6-30-19-10-8-16(12-21(19)31-7-2)14-23-22(25)15-24(3)32(26,27)17-9-11-18(28-4)20(13-17)29-5/h8-13H,6-7,14-15H2,1-5H3,(H,23,25). The summed E-state index contributed by atoms with van der Waals surface area (Å²) in [5.74, 6) is 1.48. The van der Waals surface area contributed by atoms with Gasteiger partial charge in [0, 0.05) is 19.7 Å². The number of carbonyl (C=O) groups is 1. The Balaban J connectivity index is 2.04. The maximum atomic E-state index is 12.8. The largest absolute Gasteiger partial charge is 0.493 e. The van der Waals surface area contributed by atoms with Gasteiger partial charge in [0.2, 0.25) is 15.9 Å². The summed E-state index contributed by atoms with van der Waals surface area (Å²) in [7, 11) is 0.325. The highest BCUT2D eigenvalue weighted by molar-refractivity contribution is 7.89. The van der Waals surface area contributed by atoms with Gasteiger partial charge in [0.15, 0.2) is 23.0 Å².